The van der Waals surface area contributed by atoms with Crippen LogP contribution in [-0.4, -0.2) is 35.9 Å². The van der Waals surface area contributed by atoms with Crippen LogP contribution in [0.4, 0.5) is 0 Å². The molecule has 6 heteroatoms. The van der Waals surface area contributed by atoms with E-state index in [1.165, 1.54) is 0 Å². The van der Waals surface area contributed by atoms with Gasteiger partial charge in [0.1, 0.15) is 0 Å². The van der Waals surface area contributed by atoms with E-state index in [0.29, 0.717) is 0 Å². The zero-order chi connectivity index (χ0) is 17.4. The molecule has 0 bridgehead atoms. The molecule has 1 aromatic heterocycles. The van der Waals surface area contributed by atoms with Crippen LogP contribution in [0, 0.1) is 0 Å². The van der Waals surface area contributed by atoms with Crippen molar-refractivity contribution in [3.8, 4) is 0 Å². The molecule has 0 saturated heterocycles. The van der Waals surface area contributed by atoms with Gasteiger partial charge in [-0.2, -0.15) is 5.10 Å². The molecule has 0 unspecified atom stereocenters. The number of aromatic nitrogens is 2. The average Bonchev–Trinajstić information content (AvgIpc) is 3.08. The van der Waals surface area contributed by atoms with Gasteiger partial charge < -0.3 is 10.6 Å². The first-order valence-corrected chi connectivity index (χ1v) is 8.58. The van der Waals surface area contributed by atoms with E-state index in [9.17, 15) is 0 Å². The fraction of sp³-hybridized carbons (Fsp3) is 0.444. The number of guanidine groups is 1. The lowest BCUT2D eigenvalue weighted by molar-refractivity contribution is 0.506. The third kappa shape index (κ3) is 5.27. The SMILES string of the molecule is CN=C(NCCCn1cccn1)NCC(C)(C)c1ccccc1Cl. The van der Waals surface area contributed by atoms with E-state index < -0.39 is 0 Å². The molecule has 2 rings (SSSR count). The van der Waals surface area contributed by atoms with Crippen LogP contribution in [0.2, 0.25) is 5.02 Å². The van der Waals surface area contributed by atoms with Crippen molar-refractivity contribution >= 4 is 17.6 Å². The summed E-state index contributed by atoms with van der Waals surface area (Å²) in [6.45, 7) is 6.82. The Morgan fingerprint density at radius 2 is 2.04 bits per heavy atom. The van der Waals surface area contributed by atoms with Crippen LogP contribution in [0.3, 0.4) is 0 Å². The summed E-state index contributed by atoms with van der Waals surface area (Å²) in [7, 11) is 1.78. The van der Waals surface area contributed by atoms with Crippen molar-refractivity contribution in [1.82, 2.24) is 20.4 Å². The third-order valence-corrected chi connectivity index (χ3v) is 4.27. The molecule has 130 valence electrons. The number of rotatable bonds is 7. The van der Waals surface area contributed by atoms with Gasteiger partial charge in [0.05, 0.1) is 0 Å². The number of aliphatic imine (C=N–C) groups is 1. The standard InChI is InChI=1S/C18H26ClN5/c1-18(2,15-8-4-5-9-16(15)19)14-22-17(20-3)21-10-6-12-24-13-7-11-23-24/h4-5,7-9,11,13H,6,10,12,14H2,1-3H3,(H2,20,21,22). The van der Waals surface area contributed by atoms with E-state index in [0.717, 1.165) is 42.6 Å². The Morgan fingerprint density at radius 1 is 1.25 bits per heavy atom. The fourth-order valence-electron chi connectivity index (χ4n) is 2.51. The number of nitrogens with zero attached hydrogens (tertiary/aromatic N) is 3. The molecule has 2 aromatic rings. The van der Waals surface area contributed by atoms with Crippen LogP contribution in [0.15, 0.2) is 47.7 Å². The van der Waals surface area contributed by atoms with Crippen molar-refractivity contribution in [3.05, 3.63) is 53.3 Å². The lowest BCUT2D eigenvalue weighted by Gasteiger charge is -2.27. The van der Waals surface area contributed by atoms with Crippen molar-refractivity contribution in [2.75, 3.05) is 20.1 Å². The predicted octanol–water partition coefficient (Wildman–Crippen LogP) is 3.07. The second kappa shape index (κ2) is 8.73. The first-order valence-electron chi connectivity index (χ1n) is 8.20. The first-order chi connectivity index (χ1) is 11.5. The molecule has 1 aromatic carbocycles. The Balaban J connectivity index is 1.79. The van der Waals surface area contributed by atoms with E-state index in [1.807, 2.05) is 35.1 Å². The first kappa shape index (κ1) is 18.3. The predicted molar refractivity (Wildman–Crippen MR) is 101 cm³/mol. The van der Waals surface area contributed by atoms with Crippen LogP contribution in [0.1, 0.15) is 25.8 Å². The van der Waals surface area contributed by atoms with E-state index in [-0.39, 0.29) is 5.41 Å². The van der Waals surface area contributed by atoms with Crippen molar-refractivity contribution in [2.24, 2.45) is 4.99 Å². The van der Waals surface area contributed by atoms with Gasteiger partial charge in [-0.15, -0.1) is 0 Å². The smallest absolute Gasteiger partial charge is 0.191 e. The Morgan fingerprint density at radius 3 is 2.71 bits per heavy atom. The molecular weight excluding hydrogens is 322 g/mol. The normalized spacial score (nSPS) is 12.2. The summed E-state index contributed by atoms with van der Waals surface area (Å²) in [5.41, 5.74) is 1.04. The van der Waals surface area contributed by atoms with Gasteiger partial charge in [-0.3, -0.25) is 9.67 Å². The van der Waals surface area contributed by atoms with Crippen molar-refractivity contribution in [1.29, 1.82) is 0 Å². The number of aryl methyl sites for hydroxylation is 1. The van der Waals surface area contributed by atoms with Crippen molar-refractivity contribution < 1.29 is 0 Å². The molecular formula is C18H26ClN5. The summed E-state index contributed by atoms with van der Waals surface area (Å²) in [6, 6.07) is 9.91. The summed E-state index contributed by atoms with van der Waals surface area (Å²) < 4.78 is 1.93. The minimum Gasteiger partial charge on any atom is -0.356 e. The molecule has 0 fully saturated rings. The number of nitrogens with one attached hydrogen (secondary N) is 2. The second-order valence-electron chi connectivity index (χ2n) is 6.34. The van der Waals surface area contributed by atoms with Crippen LogP contribution < -0.4 is 10.6 Å². The Kier molecular flexibility index (Phi) is 6.67. The maximum absolute atomic E-state index is 6.33. The fourth-order valence-corrected chi connectivity index (χ4v) is 2.90. The molecule has 0 amide bonds. The third-order valence-electron chi connectivity index (χ3n) is 3.94. The highest BCUT2D eigenvalue weighted by atomic mass is 35.5. The molecule has 0 spiro atoms. The van der Waals surface area contributed by atoms with Crippen molar-refractivity contribution in [3.63, 3.8) is 0 Å². The van der Waals surface area contributed by atoms with Gasteiger partial charge in [0.2, 0.25) is 0 Å². The lowest BCUT2D eigenvalue weighted by atomic mass is 9.84. The molecule has 0 aliphatic carbocycles. The monoisotopic (exact) mass is 347 g/mol. The topological polar surface area (TPSA) is 54.2 Å². The molecule has 0 saturated carbocycles. The number of halogens is 1. The van der Waals surface area contributed by atoms with E-state index in [4.69, 9.17) is 11.6 Å². The van der Waals surface area contributed by atoms with Gasteiger partial charge in [0.25, 0.3) is 0 Å². The molecule has 2 N–H and O–H groups in total. The zero-order valence-corrected chi connectivity index (χ0v) is 15.3. The number of hydrogen-bond acceptors (Lipinski definition) is 2. The minimum atomic E-state index is -0.0922. The molecule has 0 radical (unpaired) electrons. The summed E-state index contributed by atoms with van der Waals surface area (Å²) in [6.07, 6.45) is 4.75. The maximum atomic E-state index is 6.33. The number of hydrogen-bond donors (Lipinski definition) is 2. The zero-order valence-electron chi connectivity index (χ0n) is 14.6. The Hall–Kier alpha value is -2.01. The summed E-state index contributed by atoms with van der Waals surface area (Å²) >= 11 is 6.33. The molecule has 0 aliphatic rings. The Labute approximate surface area is 149 Å². The van der Waals surface area contributed by atoms with Crippen LogP contribution in [0.5, 0.6) is 0 Å². The molecule has 24 heavy (non-hydrogen) atoms. The highest BCUT2D eigenvalue weighted by molar-refractivity contribution is 6.31. The van der Waals surface area contributed by atoms with E-state index in [1.54, 1.807) is 13.2 Å². The van der Waals surface area contributed by atoms with Crippen molar-refractivity contribution in [2.45, 2.75) is 32.2 Å². The highest BCUT2D eigenvalue weighted by Gasteiger charge is 2.23. The molecule has 5 nitrogen and oxygen atoms in total. The van der Waals surface area contributed by atoms with E-state index >= 15 is 0 Å². The largest absolute Gasteiger partial charge is 0.356 e. The van der Waals surface area contributed by atoms with Gasteiger partial charge in [0.15, 0.2) is 5.96 Å². The van der Waals surface area contributed by atoms with Crippen LogP contribution in [0.25, 0.3) is 0 Å². The minimum absolute atomic E-state index is 0.0922. The lowest BCUT2D eigenvalue weighted by Crippen LogP contribution is -2.43. The van der Waals surface area contributed by atoms with Crippen LogP contribution >= 0.6 is 11.6 Å². The molecule has 0 aliphatic heterocycles. The summed E-state index contributed by atoms with van der Waals surface area (Å²) in [4.78, 5) is 4.28. The highest BCUT2D eigenvalue weighted by Crippen LogP contribution is 2.28. The second-order valence-corrected chi connectivity index (χ2v) is 6.75. The quantitative estimate of drug-likeness (QED) is 0.460. The number of benzene rings is 1. The molecule has 0 atom stereocenters. The molecule has 1 heterocycles. The van der Waals surface area contributed by atoms with Gasteiger partial charge >= 0.3 is 0 Å². The average molecular weight is 348 g/mol. The Bertz CT molecular complexity index is 649. The summed E-state index contributed by atoms with van der Waals surface area (Å²) in [5.74, 6) is 0.801. The van der Waals surface area contributed by atoms with E-state index in [2.05, 4.69) is 40.6 Å². The van der Waals surface area contributed by atoms with Gasteiger partial charge in [-0.1, -0.05) is 43.6 Å². The van der Waals surface area contributed by atoms with Gasteiger partial charge in [-0.25, -0.2) is 0 Å². The summed E-state index contributed by atoms with van der Waals surface area (Å²) in [5, 5.41) is 11.7. The van der Waals surface area contributed by atoms with Crippen LogP contribution in [-0.2, 0) is 12.0 Å². The van der Waals surface area contributed by atoms with Gasteiger partial charge in [0, 0.05) is 49.5 Å². The maximum Gasteiger partial charge on any atom is 0.191 e. The van der Waals surface area contributed by atoms with Gasteiger partial charge in [-0.05, 0) is 24.1 Å².